The van der Waals surface area contributed by atoms with Crippen LogP contribution in [0, 0.1) is 17.0 Å². The maximum absolute atomic E-state index is 15.3. The Kier molecular flexibility index (Phi) is 12.0. The van der Waals surface area contributed by atoms with Crippen molar-refractivity contribution < 1.29 is 23.1 Å². The number of carbonyl (C=O) groups excluding carboxylic acids is 2. The number of ether oxygens (including phenoxy) is 1. The molecule has 3 aromatic rings. The molecule has 4 N–H and O–H groups in total. The molecule has 5 rings (SSSR count). The van der Waals surface area contributed by atoms with Crippen LogP contribution in [0.1, 0.15) is 62.6 Å². The summed E-state index contributed by atoms with van der Waals surface area (Å²) < 4.78 is 35.9. The normalized spacial score (nSPS) is 16.4. The Balaban J connectivity index is 1.22. The van der Waals surface area contributed by atoms with Crippen LogP contribution >= 0.6 is 0 Å². The number of fused-ring (bicyclic) bond motifs is 1. The molecule has 47 heavy (non-hydrogen) atoms. The number of benzene rings is 2. The van der Waals surface area contributed by atoms with Gasteiger partial charge in [-0.2, -0.15) is 0 Å². The van der Waals surface area contributed by atoms with Gasteiger partial charge in [-0.15, -0.1) is 0 Å². The molecule has 2 saturated heterocycles. The number of hydrogen-bond donors (Lipinski definition) is 3. The highest BCUT2D eigenvalue weighted by Crippen LogP contribution is 2.30. The number of piperidine rings is 1. The lowest BCUT2D eigenvalue weighted by atomic mass is 10.0. The number of unbranched alkanes of at least 4 members (excludes halogenated alkanes) is 3. The van der Waals surface area contributed by atoms with Crippen LogP contribution in [0.15, 0.2) is 42.7 Å². The number of likely N-dealkylation sites (tertiary alicyclic amines) is 1. The van der Waals surface area contributed by atoms with Crippen LogP contribution in [0.2, 0.25) is 0 Å². The Labute approximate surface area is 273 Å². The van der Waals surface area contributed by atoms with Crippen molar-refractivity contribution in [1.82, 2.24) is 25.1 Å². The number of nitrogens with two attached hydrogens (primary N) is 1. The summed E-state index contributed by atoms with van der Waals surface area (Å²) in [4.78, 5) is 36.7. The number of morpholine rings is 1. The van der Waals surface area contributed by atoms with Gasteiger partial charge in [0.05, 0.1) is 36.1 Å². The molecule has 2 aromatic carbocycles. The van der Waals surface area contributed by atoms with E-state index in [0.717, 1.165) is 38.5 Å². The van der Waals surface area contributed by atoms with E-state index < -0.39 is 11.6 Å². The third-order valence-corrected chi connectivity index (χ3v) is 8.85. The second kappa shape index (κ2) is 16.5. The second-order valence-corrected chi connectivity index (χ2v) is 12.2. The molecule has 2 aliphatic heterocycles. The topological polar surface area (TPSA) is 138 Å². The van der Waals surface area contributed by atoms with Crippen LogP contribution in [-0.4, -0.2) is 83.2 Å². The van der Waals surface area contributed by atoms with Crippen molar-refractivity contribution in [3.05, 3.63) is 65.6 Å². The standard InChI is InChI=1S/C35H43F2N7O3/c36-29-18-24(19-30(37)28(29)23-43-14-16-47-17-15-43)27-6-5-7-31-35(27)42-32(22-41-31)25(20-38)21-40-26-10-12-44(13-11-26)34(46)9-4-2-1-3-8-33(39)45/h5-7,18-22,26,38,40H,1-4,8-17,23H2,(H2,39,45)/b25-21+,38-20?. The maximum atomic E-state index is 15.3. The molecule has 0 saturated carbocycles. The van der Waals surface area contributed by atoms with E-state index in [9.17, 15) is 9.59 Å². The van der Waals surface area contributed by atoms with Gasteiger partial charge in [-0.1, -0.05) is 25.0 Å². The summed E-state index contributed by atoms with van der Waals surface area (Å²) in [5.41, 5.74) is 8.15. The van der Waals surface area contributed by atoms with Gasteiger partial charge in [0.25, 0.3) is 0 Å². The molecule has 0 bridgehead atoms. The summed E-state index contributed by atoms with van der Waals surface area (Å²) in [5.74, 6) is -1.35. The van der Waals surface area contributed by atoms with E-state index in [2.05, 4.69) is 10.3 Å². The van der Waals surface area contributed by atoms with Crippen LogP contribution in [0.5, 0.6) is 0 Å². The monoisotopic (exact) mass is 647 g/mol. The number of amides is 2. The van der Waals surface area contributed by atoms with Crippen molar-refractivity contribution in [2.75, 3.05) is 39.4 Å². The van der Waals surface area contributed by atoms with E-state index in [4.69, 9.17) is 20.9 Å². The third kappa shape index (κ3) is 9.17. The largest absolute Gasteiger partial charge is 0.387 e. The number of primary amides is 1. The lowest BCUT2D eigenvalue weighted by Crippen LogP contribution is -2.43. The number of rotatable bonds is 14. The summed E-state index contributed by atoms with van der Waals surface area (Å²) in [5, 5.41) is 11.4. The fourth-order valence-corrected chi connectivity index (χ4v) is 6.08. The van der Waals surface area contributed by atoms with E-state index in [-0.39, 0.29) is 30.0 Å². The van der Waals surface area contributed by atoms with Gasteiger partial charge in [-0.25, -0.2) is 13.8 Å². The fourth-order valence-electron chi connectivity index (χ4n) is 6.08. The molecule has 1 aromatic heterocycles. The lowest BCUT2D eigenvalue weighted by Gasteiger charge is -2.32. The third-order valence-electron chi connectivity index (χ3n) is 8.85. The van der Waals surface area contributed by atoms with E-state index in [1.807, 2.05) is 9.80 Å². The van der Waals surface area contributed by atoms with Crippen molar-refractivity contribution in [3.63, 3.8) is 0 Å². The van der Waals surface area contributed by atoms with E-state index >= 15 is 8.78 Å². The van der Waals surface area contributed by atoms with Gasteiger partial charge >= 0.3 is 0 Å². The summed E-state index contributed by atoms with van der Waals surface area (Å²) in [6.45, 7) is 3.83. The summed E-state index contributed by atoms with van der Waals surface area (Å²) in [6.07, 6.45) is 10.4. The summed E-state index contributed by atoms with van der Waals surface area (Å²) in [6, 6.07) is 8.17. The number of halogens is 2. The molecule has 2 fully saturated rings. The highest BCUT2D eigenvalue weighted by molar-refractivity contribution is 6.08. The van der Waals surface area contributed by atoms with Crippen LogP contribution in [0.25, 0.3) is 27.7 Å². The highest BCUT2D eigenvalue weighted by atomic mass is 19.1. The number of aromatic nitrogens is 2. The number of carbonyl (C=O) groups is 2. The molecule has 0 unspecified atom stereocenters. The first kappa shape index (κ1) is 34.1. The van der Waals surface area contributed by atoms with Crippen molar-refractivity contribution in [3.8, 4) is 11.1 Å². The minimum Gasteiger partial charge on any atom is -0.387 e. The molecule has 12 heteroatoms. The Hall–Kier alpha value is -4.29. The first-order valence-corrected chi connectivity index (χ1v) is 16.4. The van der Waals surface area contributed by atoms with Crippen molar-refractivity contribution in [2.24, 2.45) is 5.73 Å². The quantitative estimate of drug-likeness (QED) is 0.169. The number of nitrogens with one attached hydrogen (secondary N) is 2. The van der Waals surface area contributed by atoms with E-state index in [1.54, 1.807) is 30.6 Å². The molecule has 0 radical (unpaired) electrons. The molecule has 2 amide bonds. The van der Waals surface area contributed by atoms with Gasteiger partial charge in [0, 0.05) is 80.7 Å². The van der Waals surface area contributed by atoms with Gasteiger partial charge in [-0.05, 0) is 49.4 Å². The zero-order valence-electron chi connectivity index (χ0n) is 26.6. The van der Waals surface area contributed by atoms with Crippen molar-refractivity contribution in [1.29, 1.82) is 5.41 Å². The van der Waals surface area contributed by atoms with Gasteiger partial charge in [0.15, 0.2) is 0 Å². The first-order chi connectivity index (χ1) is 22.8. The van der Waals surface area contributed by atoms with Gasteiger partial charge < -0.3 is 26.1 Å². The minimum atomic E-state index is -0.610. The average Bonchev–Trinajstić information content (AvgIpc) is 3.08. The minimum absolute atomic E-state index is 0.0340. The zero-order valence-corrected chi connectivity index (χ0v) is 26.6. The molecule has 2 aliphatic rings. The lowest BCUT2D eigenvalue weighted by molar-refractivity contribution is -0.132. The smallest absolute Gasteiger partial charge is 0.222 e. The Morgan fingerprint density at radius 2 is 1.72 bits per heavy atom. The molecule has 0 spiro atoms. The average molecular weight is 648 g/mol. The molecule has 250 valence electrons. The van der Waals surface area contributed by atoms with Crippen molar-refractivity contribution in [2.45, 2.75) is 64.0 Å². The molecule has 10 nitrogen and oxygen atoms in total. The zero-order chi connectivity index (χ0) is 33.2. The summed E-state index contributed by atoms with van der Waals surface area (Å²) >= 11 is 0. The van der Waals surface area contributed by atoms with Crippen LogP contribution in [-0.2, 0) is 20.9 Å². The molecule has 0 atom stereocenters. The van der Waals surface area contributed by atoms with Gasteiger partial charge in [-0.3, -0.25) is 19.5 Å². The fraction of sp³-hybridized carbons (Fsp3) is 0.457. The Morgan fingerprint density at radius 3 is 2.40 bits per heavy atom. The second-order valence-electron chi connectivity index (χ2n) is 12.2. The number of para-hydroxylation sites is 1. The van der Waals surface area contributed by atoms with Gasteiger partial charge in [0.2, 0.25) is 11.8 Å². The van der Waals surface area contributed by atoms with Crippen LogP contribution < -0.4 is 11.1 Å². The maximum Gasteiger partial charge on any atom is 0.222 e. The Bertz CT molecular complexity index is 1580. The SMILES string of the molecule is N=C/C(=C\NC1CCN(C(=O)CCCCCCC(N)=O)CC1)c1cnc2cccc(-c3cc(F)c(CN4CCOCC4)c(F)c3)c2n1. The van der Waals surface area contributed by atoms with Crippen LogP contribution in [0.3, 0.4) is 0 Å². The number of hydrogen-bond acceptors (Lipinski definition) is 8. The van der Waals surface area contributed by atoms with Crippen LogP contribution in [0.4, 0.5) is 8.78 Å². The molecule has 0 aliphatic carbocycles. The first-order valence-electron chi connectivity index (χ1n) is 16.4. The predicted octanol–water partition coefficient (Wildman–Crippen LogP) is 4.80. The van der Waals surface area contributed by atoms with Gasteiger partial charge in [0.1, 0.15) is 11.6 Å². The molecule has 3 heterocycles. The Morgan fingerprint density at radius 1 is 1.02 bits per heavy atom. The predicted molar refractivity (Wildman–Crippen MR) is 177 cm³/mol. The summed E-state index contributed by atoms with van der Waals surface area (Å²) in [7, 11) is 0. The molecular formula is C35H43F2N7O3. The number of nitrogens with zero attached hydrogens (tertiary/aromatic N) is 4. The highest BCUT2D eigenvalue weighted by Gasteiger charge is 2.22. The van der Waals surface area contributed by atoms with E-state index in [1.165, 1.54) is 18.3 Å². The molecular weight excluding hydrogens is 604 g/mol. The van der Waals surface area contributed by atoms with E-state index in [0.29, 0.717) is 85.7 Å². The van der Waals surface area contributed by atoms with Crippen molar-refractivity contribution >= 4 is 34.6 Å². The number of allylic oxidation sites excluding steroid dienone is 1.